The Balaban J connectivity index is 3.02. The van der Waals surface area contributed by atoms with Crippen molar-refractivity contribution in [2.45, 2.75) is 19.8 Å². The van der Waals surface area contributed by atoms with Crippen molar-refractivity contribution in [1.29, 1.82) is 0 Å². The Morgan fingerprint density at radius 2 is 2.11 bits per heavy atom. The van der Waals surface area contributed by atoms with Crippen LogP contribution in [0.5, 0.6) is 0 Å². The highest BCUT2D eigenvalue weighted by atomic mass is 19.1. The molecule has 1 saturated heterocycles. The van der Waals surface area contributed by atoms with E-state index < -0.39 is 11.2 Å². The number of carbonyl (C=O) groups is 1. The summed E-state index contributed by atoms with van der Waals surface area (Å²) in [6.07, 6.45) is 4.84. The van der Waals surface area contributed by atoms with E-state index in [4.69, 9.17) is 10.5 Å². The molecular formula is C14H21FN2O2. The SMILES string of the molecule is C=C/C(F)=C\C=C(/N)C1(C(=O)OCC)CCNCC1. The van der Waals surface area contributed by atoms with E-state index in [9.17, 15) is 9.18 Å². The summed E-state index contributed by atoms with van der Waals surface area (Å²) in [5.41, 5.74) is 5.49. The second-order valence-corrected chi connectivity index (χ2v) is 4.43. The van der Waals surface area contributed by atoms with Crippen molar-refractivity contribution >= 4 is 5.97 Å². The summed E-state index contributed by atoms with van der Waals surface area (Å²) in [4.78, 5) is 12.2. The van der Waals surface area contributed by atoms with Gasteiger partial charge in [0, 0.05) is 5.70 Å². The third kappa shape index (κ3) is 3.67. The van der Waals surface area contributed by atoms with Crippen LogP contribution in [-0.4, -0.2) is 25.7 Å². The number of halogens is 1. The molecule has 0 aliphatic carbocycles. The molecule has 0 aromatic heterocycles. The number of ether oxygens (including phenoxy) is 1. The van der Waals surface area contributed by atoms with Crippen LogP contribution in [0.1, 0.15) is 19.8 Å². The van der Waals surface area contributed by atoms with Gasteiger partial charge in [-0.05, 0) is 51.1 Å². The van der Waals surface area contributed by atoms with E-state index in [1.807, 2.05) is 0 Å². The summed E-state index contributed by atoms with van der Waals surface area (Å²) >= 11 is 0. The third-order valence-corrected chi connectivity index (χ3v) is 3.29. The number of carbonyl (C=O) groups excluding carboxylic acids is 1. The minimum Gasteiger partial charge on any atom is -0.465 e. The molecule has 0 spiro atoms. The summed E-state index contributed by atoms with van der Waals surface area (Å²) in [6, 6.07) is 0. The number of esters is 1. The summed E-state index contributed by atoms with van der Waals surface area (Å²) in [5, 5.41) is 3.17. The number of nitrogens with one attached hydrogen (secondary N) is 1. The predicted molar refractivity (Wildman–Crippen MR) is 72.8 cm³/mol. The molecule has 1 aliphatic rings. The third-order valence-electron chi connectivity index (χ3n) is 3.29. The molecule has 0 saturated carbocycles. The summed E-state index contributed by atoms with van der Waals surface area (Å²) < 4.78 is 18.2. The Kier molecular flexibility index (Phi) is 5.76. The maximum absolute atomic E-state index is 13.0. The van der Waals surface area contributed by atoms with Crippen LogP contribution in [-0.2, 0) is 9.53 Å². The van der Waals surface area contributed by atoms with Gasteiger partial charge in [0.1, 0.15) is 11.2 Å². The molecule has 1 aliphatic heterocycles. The topological polar surface area (TPSA) is 64.4 Å². The molecule has 5 heteroatoms. The van der Waals surface area contributed by atoms with Crippen LogP contribution in [0.15, 0.2) is 36.3 Å². The van der Waals surface area contributed by atoms with Crippen LogP contribution in [0.25, 0.3) is 0 Å². The molecule has 0 unspecified atom stereocenters. The maximum Gasteiger partial charge on any atom is 0.318 e. The van der Waals surface area contributed by atoms with Gasteiger partial charge in [0.15, 0.2) is 0 Å². The number of piperidine rings is 1. The number of allylic oxidation sites excluding steroid dienone is 4. The Morgan fingerprint density at radius 1 is 1.47 bits per heavy atom. The van der Waals surface area contributed by atoms with Gasteiger partial charge < -0.3 is 15.8 Å². The van der Waals surface area contributed by atoms with Crippen LogP contribution >= 0.6 is 0 Å². The minimum absolute atomic E-state index is 0.304. The lowest BCUT2D eigenvalue weighted by atomic mass is 9.76. The standard InChI is InChI=1S/C14H21FN2O2/c1-3-11(15)5-6-12(16)14(13(18)19-4-2)7-9-17-10-8-14/h3,5-6,17H,1,4,7-10,16H2,2H3/b11-5+,12-6-. The molecule has 1 fully saturated rings. The average molecular weight is 268 g/mol. The minimum atomic E-state index is -0.848. The average Bonchev–Trinajstić information content (AvgIpc) is 2.45. The molecule has 19 heavy (non-hydrogen) atoms. The first-order chi connectivity index (χ1) is 9.06. The first-order valence-electron chi connectivity index (χ1n) is 6.40. The van der Waals surface area contributed by atoms with Crippen molar-refractivity contribution in [1.82, 2.24) is 5.32 Å². The van der Waals surface area contributed by atoms with E-state index in [0.717, 1.165) is 6.08 Å². The number of hydrogen-bond acceptors (Lipinski definition) is 4. The molecule has 3 N–H and O–H groups in total. The van der Waals surface area contributed by atoms with Crippen LogP contribution < -0.4 is 11.1 Å². The Morgan fingerprint density at radius 3 is 2.63 bits per heavy atom. The summed E-state index contributed by atoms with van der Waals surface area (Å²) in [5.74, 6) is -0.825. The number of rotatable bonds is 5. The zero-order valence-electron chi connectivity index (χ0n) is 11.2. The molecule has 106 valence electrons. The normalized spacial score (nSPS) is 19.9. The highest BCUT2D eigenvalue weighted by Crippen LogP contribution is 2.35. The quantitative estimate of drug-likeness (QED) is 0.589. The van der Waals surface area contributed by atoms with E-state index in [-0.39, 0.29) is 5.97 Å². The zero-order chi connectivity index (χ0) is 14.3. The molecule has 4 nitrogen and oxygen atoms in total. The summed E-state index contributed by atoms with van der Waals surface area (Å²) in [7, 11) is 0. The first kappa shape index (κ1) is 15.4. The van der Waals surface area contributed by atoms with E-state index in [1.54, 1.807) is 6.92 Å². The van der Waals surface area contributed by atoms with Crippen molar-refractivity contribution in [3.8, 4) is 0 Å². The van der Waals surface area contributed by atoms with Gasteiger partial charge in [-0.25, -0.2) is 4.39 Å². The number of nitrogens with two attached hydrogens (primary N) is 1. The van der Waals surface area contributed by atoms with Gasteiger partial charge >= 0.3 is 5.97 Å². The largest absolute Gasteiger partial charge is 0.465 e. The molecular weight excluding hydrogens is 247 g/mol. The van der Waals surface area contributed by atoms with E-state index in [2.05, 4.69) is 11.9 Å². The van der Waals surface area contributed by atoms with E-state index >= 15 is 0 Å². The zero-order valence-corrected chi connectivity index (χ0v) is 11.2. The lowest BCUT2D eigenvalue weighted by Crippen LogP contribution is -2.46. The van der Waals surface area contributed by atoms with Gasteiger partial charge in [-0.15, -0.1) is 0 Å². The van der Waals surface area contributed by atoms with Crippen LogP contribution in [0, 0.1) is 5.41 Å². The Hall–Kier alpha value is -1.62. The maximum atomic E-state index is 13.0. The van der Waals surface area contributed by atoms with Crippen molar-refractivity contribution in [2.24, 2.45) is 11.1 Å². The highest BCUT2D eigenvalue weighted by molar-refractivity contribution is 5.80. The van der Waals surface area contributed by atoms with Gasteiger partial charge in [0.2, 0.25) is 0 Å². The molecule has 1 heterocycles. The van der Waals surface area contributed by atoms with Gasteiger partial charge in [-0.1, -0.05) is 6.58 Å². The molecule has 0 aromatic rings. The number of hydrogen-bond donors (Lipinski definition) is 2. The van der Waals surface area contributed by atoms with Crippen molar-refractivity contribution in [3.05, 3.63) is 36.3 Å². The lowest BCUT2D eigenvalue weighted by molar-refractivity contribution is -0.154. The highest BCUT2D eigenvalue weighted by Gasteiger charge is 2.43. The lowest BCUT2D eigenvalue weighted by Gasteiger charge is -2.35. The van der Waals surface area contributed by atoms with Crippen LogP contribution in [0.4, 0.5) is 4.39 Å². The van der Waals surface area contributed by atoms with Crippen LogP contribution in [0.3, 0.4) is 0 Å². The first-order valence-corrected chi connectivity index (χ1v) is 6.40. The molecule has 1 rings (SSSR count). The van der Waals surface area contributed by atoms with Crippen molar-refractivity contribution < 1.29 is 13.9 Å². The second kappa shape index (κ2) is 7.09. The van der Waals surface area contributed by atoms with Crippen molar-refractivity contribution in [3.63, 3.8) is 0 Å². The second-order valence-electron chi connectivity index (χ2n) is 4.43. The van der Waals surface area contributed by atoms with E-state index in [0.29, 0.717) is 38.2 Å². The van der Waals surface area contributed by atoms with Gasteiger partial charge in [-0.2, -0.15) is 0 Å². The molecule has 0 atom stereocenters. The van der Waals surface area contributed by atoms with Crippen LogP contribution in [0.2, 0.25) is 0 Å². The van der Waals surface area contributed by atoms with E-state index in [1.165, 1.54) is 12.2 Å². The smallest absolute Gasteiger partial charge is 0.318 e. The summed E-state index contributed by atoms with van der Waals surface area (Å²) in [6.45, 7) is 6.74. The van der Waals surface area contributed by atoms with Gasteiger partial charge in [0.25, 0.3) is 0 Å². The Labute approximate surface area is 113 Å². The van der Waals surface area contributed by atoms with Gasteiger partial charge in [-0.3, -0.25) is 4.79 Å². The fraction of sp³-hybridized carbons (Fsp3) is 0.500. The molecule has 0 aromatic carbocycles. The molecule has 0 amide bonds. The monoisotopic (exact) mass is 268 g/mol. The fourth-order valence-corrected chi connectivity index (χ4v) is 2.13. The predicted octanol–water partition coefficient (Wildman–Crippen LogP) is 1.80. The molecule has 0 radical (unpaired) electrons. The Bertz CT molecular complexity index is 396. The van der Waals surface area contributed by atoms with Crippen molar-refractivity contribution in [2.75, 3.05) is 19.7 Å². The molecule has 0 bridgehead atoms. The van der Waals surface area contributed by atoms with Gasteiger partial charge in [0.05, 0.1) is 6.61 Å². The fourth-order valence-electron chi connectivity index (χ4n) is 2.13.